The third-order valence-electron chi connectivity index (χ3n) is 6.04. The molecule has 0 aliphatic carbocycles. The fourth-order valence-corrected chi connectivity index (χ4v) is 4.08. The second-order valence-corrected chi connectivity index (χ2v) is 8.89. The van der Waals surface area contributed by atoms with Gasteiger partial charge in [0.2, 0.25) is 0 Å². The van der Waals surface area contributed by atoms with Crippen LogP contribution < -0.4 is 10.6 Å². The van der Waals surface area contributed by atoms with Crippen LogP contribution >= 0.6 is 0 Å². The topological polar surface area (TPSA) is 41.1 Å². The normalized spacial score (nSPS) is 10.8. The van der Waals surface area contributed by atoms with E-state index >= 15 is 0 Å². The average Bonchev–Trinajstić information content (AvgIpc) is 2.82. The van der Waals surface area contributed by atoms with Crippen LogP contribution in [0.5, 0.6) is 0 Å². The smallest absolute Gasteiger partial charge is 0.253 e. The highest BCUT2D eigenvalue weighted by Crippen LogP contribution is 2.20. The summed E-state index contributed by atoms with van der Waals surface area (Å²) in [5.74, 6) is -0.00118. The lowest BCUT2D eigenvalue weighted by molar-refractivity contribution is 0.0953. The van der Waals surface area contributed by atoms with Crippen LogP contribution in [0, 0.1) is 0 Å². The third kappa shape index (κ3) is 11.4. The molecule has 0 radical (unpaired) electrons. The molecule has 0 saturated heterocycles. The van der Waals surface area contributed by atoms with Gasteiger partial charge in [0.25, 0.3) is 5.91 Å². The second kappa shape index (κ2) is 17.3. The van der Waals surface area contributed by atoms with E-state index in [1.54, 1.807) is 0 Å². The number of rotatable bonds is 18. The number of nitrogens with one attached hydrogen (secondary N) is 2. The monoisotopic (exact) mass is 436 g/mol. The van der Waals surface area contributed by atoms with Crippen LogP contribution in [0.2, 0.25) is 0 Å². The van der Waals surface area contributed by atoms with Gasteiger partial charge in [-0.3, -0.25) is 4.79 Å². The summed E-state index contributed by atoms with van der Waals surface area (Å²) in [6.07, 6.45) is 18.9. The molecule has 0 spiro atoms. The first-order chi connectivity index (χ1) is 15.8. The van der Waals surface area contributed by atoms with Crippen molar-refractivity contribution in [3.8, 4) is 0 Å². The Morgan fingerprint density at radius 2 is 1.12 bits per heavy atom. The number of anilines is 2. The first kappa shape index (κ1) is 26.0. The highest BCUT2D eigenvalue weighted by Gasteiger charge is 2.10. The average molecular weight is 437 g/mol. The van der Waals surface area contributed by atoms with Crippen LogP contribution in [0.4, 0.5) is 11.4 Å². The first-order valence-electron chi connectivity index (χ1n) is 13.0. The van der Waals surface area contributed by atoms with Crippen LogP contribution in [0.15, 0.2) is 54.6 Å². The lowest BCUT2D eigenvalue weighted by atomic mass is 10.0. The fourth-order valence-electron chi connectivity index (χ4n) is 4.08. The molecule has 2 rings (SSSR count). The highest BCUT2D eigenvalue weighted by atomic mass is 16.1. The summed E-state index contributed by atoms with van der Waals surface area (Å²) in [6, 6.07) is 17.7. The molecule has 1 amide bonds. The number of carbonyl (C=O) groups is 1. The Labute approximate surface area is 196 Å². The number of hydrogen-bond donors (Lipinski definition) is 2. The quantitative estimate of drug-likeness (QED) is 0.230. The number of hydrogen-bond acceptors (Lipinski definition) is 2. The zero-order valence-corrected chi connectivity index (χ0v) is 20.2. The summed E-state index contributed by atoms with van der Waals surface area (Å²) in [4.78, 5) is 12.6. The zero-order valence-electron chi connectivity index (χ0n) is 20.2. The van der Waals surface area contributed by atoms with Gasteiger partial charge in [0.05, 0.1) is 11.3 Å². The van der Waals surface area contributed by atoms with Crippen molar-refractivity contribution in [1.29, 1.82) is 0 Å². The van der Waals surface area contributed by atoms with E-state index in [4.69, 9.17) is 0 Å². The van der Waals surface area contributed by atoms with Crippen LogP contribution in [0.1, 0.15) is 107 Å². The molecule has 0 unspecified atom stereocenters. The van der Waals surface area contributed by atoms with Gasteiger partial charge in [-0.15, -0.1) is 0 Å². The molecule has 2 aromatic rings. The minimum Gasteiger partial charge on any atom is -0.355 e. The molecule has 0 saturated carbocycles. The molecule has 0 aromatic heterocycles. The van der Waals surface area contributed by atoms with E-state index in [2.05, 4.69) is 17.6 Å². The van der Waals surface area contributed by atoms with Crippen molar-refractivity contribution in [3.05, 3.63) is 60.2 Å². The van der Waals surface area contributed by atoms with Gasteiger partial charge in [-0.2, -0.15) is 0 Å². The predicted molar refractivity (Wildman–Crippen MR) is 139 cm³/mol. The SMILES string of the molecule is CCCCCCCCCCCCCCCCNC(=O)c1ccccc1Nc1ccccc1. The summed E-state index contributed by atoms with van der Waals surface area (Å²) >= 11 is 0. The first-order valence-corrected chi connectivity index (χ1v) is 13.0. The molecule has 0 atom stereocenters. The van der Waals surface area contributed by atoms with E-state index in [0.717, 1.165) is 24.3 Å². The van der Waals surface area contributed by atoms with Crippen molar-refractivity contribution in [1.82, 2.24) is 5.32 Å². The summed E-state index contributed by atoms with van der Waals surface area (Å²) in [6.45, 7) is 3.03. The second-order valence-electron chi connectivity index (χ2n) is 8.89. The zero-order chi connectivity index (χ0) is 22.7. The van der Waals surface area contributed by atoms with Crippen molar-refractivity contribution in [2.75, 3.05) is 11.9 Å². The van der Waals surface area contributed by atoms with Gasteiger partial charge < -0.3 is 10.6 Å². The van der Waals surface area contributed by atoms with E-state index in [0.29, 0.717) is 5.56 Å². The minimum atomic E-state index is -0.00118. The number of amides is 1. The Bertz CT molecular complexity index is 729. The van der Waals surface area contributed by atoms with E-state index < -0.39 is 0 Å². The lowest BCUT2D eigenvalue weighted by Crippen LogP contribution is -2.25. The maximum Gasteiger partial charge on any atom is 0.253 e. The number of para-hydroxylation sites is 2. The third-order valence-corrected chi connectivity index (χ3v) is 6.04. The van der Waals surface area contributed by atoms with Crippen LogP contribution in [-0.2, 0) is 0 Å². The summed E-state index contributed by atoms with van der Waals surface area (Å²) < 4.78 is 0. The van der Waals surface area contributed by atoms with Crippen molar-refractivity contribution < 1.29 is 4.79 Å². The van der Waals surface area contributed by atoms with Crippen LogP contribution in [0.3, 0.4) is 0 Å². The molecule has 32 heavy (non-hydrogen) atoms. The molecule has 0 aliphatic rings. The molecule has 2 N–H and O–H groups in total. The number of benzene rings is 2. The van der Waals surface area contributed by atoms with Crippen LogP contribution in [-0.4, -0.2) is 12.5 Å². The summed E-state index contributed by atoms with van der Waals surface area (Å²) in [5.41, 5.74) is 2.53. The van der Waals surface area contributed by atoms with E-state index in [9.17, 15) is 4.79 Å². The maximum atomic E-state index is 12.6. The van der Waals surface area contributed by atoms with Crippen molar-refractivity contribution >= 4 is 17.3 Å². The summed E-state index contributed by atoms with van der Waals surface area (Å²) in [5, 5.41) is 6.44. The molecular weight excluding hydrogens is 392 g/mol. The van der Waals surface area contributed by atoms with Gasteiger partial charge in [-0.25, -0.2) is 0 Å². The van der Waals surface area contributed by atoms with Gasteiger partial charge >= 0.3 is 0 Å². The Kier molecular flexibility index (Phi) is 14.0. The van der Waals surface area contributed by atoms with E-state index in [1.807, 2.05) is 54.6 Å². The van der Waals surface area contributed by atoms with E-state index in [1.165, 1.54) is 83.5 Å². The van der Waals surface area contributed by atoms with Gasteiger partial charge in [0, 0.05) is 12.2 Å². The summed E-state index contributed by atoms with van der Waals surface area (Å²) in [7, 11) is 0. The van der Waals surface area contributed by atoms with Crippen molar-refractivity contribution in [2.45, 2.75) is 96.8 Å². The predicted octanol–water partition coefficient (Wildman–Crippen LogP) is 8.64. The minimum absolute atomic E-state index is 0.00118. The Morgan fingerprint density at radius 1 is 0.625 bits per heavy atom. The van der Waals surface area contributed by atoms with Crippen LogP contribution in [0.25, 0.3) is 0 Å². The van der Waals surface area contributed by atoms with Gasteiger partial charge in [0.15, 0.2) is 0 Å². The molecule has 176 valence electrons. The standard InChI is InChI=1S/C29H44N2O/c1-2-3-4-5-6-7-8-9-10-11-12-13-14-20-25-30-29(32)27-23-18-19-24-28(27)31-26-21-16-15-17-22-26/h15-19,21-24,31H,2-14,20,25H2,1H3,(H,30,32). The molecule has 0 fully saturated rings. The van der Waals surface area contributed by atoms with Gasteiger partial charge in [-0.1, -0.05) is 121 Å². The van der Waals surface area contributed by atoms with Crippen molar-refractivity contribution in [2.24, 2.45) is 0 Å². The molecule has 0 bridgehead atoms. The maximum absolute atomic E-state index is 12.6. The number of unbranched alkanes of at least 4 members (excludes halogenated alkanes) is 13. The van der Waals surface area contributed by atoms with E-state index in [-0.39, 0.29) is 5.91 Å². The van der Waals surface area contributed by atoms with Gasteiger partial charge in [-0.05, 0) is 30.7 Å². The molecule has 0 aliphatic heterocycles. The molecular formula is C29H44N2O. The molecule has 3 heteroatoms. The largest absolute Gasteiger partial charge is 0.355 e. The highest BCUT2D eigenvalue weighted by molar-refractivity contribution is 6.00. The number of carbonyl (C=O) groups excluding carboxylic acids is 1. The molecule has 3 nitrogen and oxygen atoms in total. The Balaban J connectivity index is 1.49. The fraction of sp³-hybridized carbons (Fsp3) is 0.552. The molecule has 2 aromatic carbocycles. The molecule has 0 heterocycles. The van der Waals surface area contributed by atoms with Crippen molar-refractivity contribution in [3.63, 3.8) is 0 Å². The van der Waals surface area contributed by atoms with Gasteiger partial charge in [0.1, 0.15) is 0 Å². The Hall–Kier alpha value is -2.29. The Morgan fingerprint density at radius 3 is 1.72 bits per heavy atom. The lowest BCUT2D eigenvalue weighted by Gasteiger charge is -2.12.